The quantitative estimate of drug-likeness (QED) is 0.651. The summed E-state index contributed by atoms with van der Waals surface area (Å²) < 4.78 is 10.6. The molecule has 1 N–H and O–H groups in total. The molecule has 0 saturated heterocycles. The summed E-state index contributed by atoms with van der Waals surface area (Å²) in [4.78, 5) is 30.0. The molecule has 0 bridgehead atoms. The Balaban J connectivity index is 1.81. The number of Topliss-reactive ketones (excluding diaryl/α,β-unsaturated/α-hetero) is 1. The first-order chi connectivity index (χ1) is 14.5. The third-order valence-electron chi connectivity index (χ3n) is 4.85. The third-order valence-corrected chi connectivity index (χ3v) is 4.85. The fraction of sp³-hybridized carbons (Fsp3) is 0.400. The van der Waals surface area contributed by atoms with Crippen LogP contribution in [0.1, 0.15) is 62.5 Å². The molecule has 1 heterocycles. The van der Waals surface area contributed by atoms with E-state index in [4.69, 9.17) is 14.5 Å². The van der Waals surface area contributed by atoms with E-state index in [9.17, 15) is 9.59 Å². The molecule has 0 unspecified atom stereocenters. The van der Waals surface area contributed by atoms with E-state index in [-0.39, 0.29) is 17.7 Å². The Hall–Kier alpha value is -3.15. The highest BCUT2D eigenvalue weighted by molar-refractivity contribution is 6.17. The van der Waals surface area contributed by atoms with Gasteiger partial charge in [-0.05, 0) is 70.9 Å². The van der Waals surface area contributed by atoms with Gasteiger partial charge in [-0.25, -0.2) is 4.79 Å². The molecule has 2 aromatic carbocycles. The van der Waals surface area contributed by atoms with Crippen molar-refractivity contribution in [2.75, 3.05) is 12.4 Å². The average Bonchev–Trinajstić information content (AvgIpc) is 2.65. The van der Waals surface area contributed by atoms with Crippen LogP contribution in [0.15, 0.2) is 47.5 Å². The second-order valence-corrected chi connectivity index (χ2v) is 9.38. The van der Waals surface area contributed by atoms with Crippen molar-refractivity contribution in [3.63, 3.8) is 0 Å². The minimum atomic E-state index is -0.599. The van der Waals surface area contributed by atoms with Crippen molar-refractivity contribution >= 4 is 23.3 Å². The van der Waals surface area contributed by atoms with Crippen molar-refractivity contribution in [2.45, 2.75) is 58.6 Å². The fourth-order valence-corrected chi connectivity index (χ4v) is 3.62. The number of anilines is 1. The summed E-state index contributed by atoms with van der Waals surface area (Å²) in [5.41, 5.74) is 2.99. The zero-order valence-corrected chi connectivity index (χ0v) is 19.0. The van der Waals surface area contributed by atoms with E-state index in [2.05, 4.69) is 19.2 Å². The van der Waals surface area contributed by atoms with Crippen LogP contribution < -0.4 is 10.1 Å². The van der Waals surface area contributed by atoms with Gasteiger partial charge in [0.25, 0.3) is 0 Å². The van der Waals surface area contributed by atoms with Gasteiger partial charge in [0, 0.05) is 16.8 Å². The molecule has 0 fully saturated rings. The maximum Gasteiger partial charge on any atom is 0.412 e. The Kier molecular flexibility index (Phi) is 6.20. The molecular weight excluding hydrogens is 392 g/mol. The molecule has 1 aliphatic heterocycles. The number of rotatable bonds is 5. The lowest BCUT2D eigenvalue weighted by Gasteiger charge is -2.29. The van der Waals surface area contributed by atoms with E-state index in [0.717, 1.165) is 29.0 Å². The Bertz CT molecular complexity index is 1030. The standard InChI is InChI=1S/C25H30N2O4/c1-24(2,3)31-23(29)26-18-9-7-8-16(12-18)22(28)14-21-20-13-19(30-6)11-10-17(20)15-25(4,5)27-21/h7-13H,14-15H2,1-6H3,(H,26,29). The van der Waals surface area contributed by atoms with E-state index in [1.165, 1.54) is 0 Å². The summed E-state index contributed by atoms with van der Waals surface area (Å²) in [5, 5.41) is 2.68. The monoisotopic (exact) mass is 422 g/mol. The zero-order chi connectivity index (χ0) is 22.8. The predicted molar refractivity (Wildman–Crippen MR) is 123 cm³/mol. The molecule has 0 radical (unpaired) electrons. The third kappa shape index (κ3) is 5.94. The van der Waals surface area contributed by atoms with Gasteiger partial charge in [-0.1, -0.05) is 18.2 Å². The summed E-state index contributed by atoms with van der Waals surface area (Å²) in [6, 6.07) is 12.8. The van der Waals surface area contributed by atoms with Gasteiger partial charge in [0.1, 0.15) is 11.4 Å². The largest absolute Gasteiger partial charge is 0.497 e. The molecule has 6 heteroatoms. The van der Waals surface area contributed by atoms with Crippen molar-refractivity contribution in [1.82, 2.24) is 0 Å². The lowest BCUT2D eigenvalue weighted by Crippen LogP contribution is -2.30. The Morgan fingerprint density at radius 2 is 1.87 bits per heavy atom. The number of amides is 1. The molecule has 2 aromatic rings. The van der Waals surface area contributed by atoms with Crippen LogP contribution in [-0.4, -0.2) is 35.8 Å². The van der Waals surface area contributed by atoms with Crippen molar-refractivity contribution < 1.29 is 19.1 Å². The second-order valence-electron chi connectivity index (χ2n) is 9.38. The van der Waals surface area contributed by atoms with Gasteiger partial charge in [-0.15, -0.1) is 0 Å². The first-order valence-electron chi connectivity index (χ1n) is 10.3. The van der Waals surface area contributed by atoms with Crippen LogP contribution >= 0.6 is 0 Å². The topological polar surface area (TPSA) is 77.0 Å². The molecule has 0 spiro atoms. The van der Waals surface area contributed by atoms with E-state index >= 15 is 0 Å². The number of aliphatic imine (C=N–C) groups is 1. The molecule has 3 rings (SSSR count). The number of fused-ring (bicyclic) bond motifs is 1. The lowest BCUT2D eigenvalue weighted by molar-refractivity contribution is 0.0635. The number of hydrogen-bond acceptors (Lipinski definition) is 5. The summed E-state index contributed by atoms with van der Waals surface area (Å²) in [5.74, 6) is 0.667. The Labute approximate surface area is 183 Å². The minimum Gasteiger partial charge on any atom is -0.497 e. The molecule has 0 atom stereocenters. The molecule has 0 saturated carbocycles. The number of ether oxygens (including phenoxy) is 2. The summed E-state index contributed by atoms with van der Waals surface area (Å²) >= 11 is 0. The zero-order valence-electron chi connectivity index (χ0n) is 19.0. The molecule has 164 valence electrons. The van der Waals surface area contributed by atoms with Crippen LogP contribution in [0.3, 0.4) is 0 Å². The summed E-state index contributed by atoms with van der Waals surface area (Å²) in [6.45, 7) is 9.52. The van der Waals surface area contributed by atoms with Crippen LogP contribution in [0, 0.1) is 0 Å². The second kappa shape index (κ2) is 8.53. The lowest BCUT2D eigenvalue weighted by atomic mass is 9.85. The molecule has 0 aromatic heterocycles. The molecule has 1 amide bonds. The van der Waals surface area contributed by atoms with Gasteiger partial charge in [0.2, 0.25) is 0 Å². The van der Waals surface area contributed by atoms with Crippen LogP contribution in [0.2, 0.25) is 0 Å². The molecular formula is C25H30N2O4. The highest BCUT2D eigenvalue weighted by Crippen LogP contribution is 2.31. The van der Waals surface area contributed by atoms with Gasteiger partial charge >= 0.3 is 6.09 Å². The average molecular weight is 423 g/mol. The molecule has 0 aliphatic carbocycles. The number of carbonyl (C=O) groups is 2. The number of nitrogens with zero attached hydrogens (tertiary/aromatic N) is 1. The summed E-state index contributed by atoms with van der Waals surface area (Å²) in [6.07, 6.45) is 0.412. The van der Waals surface area contributed by atoms with Crippen LogP contribution in [0.5, 0.6) is 5.75 Å². The maximum absolute atomic E-state index is 13.1. The number of hydrogen-bond donors (Lipinski definition) is 1. The van der Waals surface area contributed by atoms with Crippen LogP contribution in [0.25, 0.3) is 0 Å². The maximum atomic E-state index is 13.1. The SMILES string of the molecule is COc1ccc2c(c1)C(CC(=O)c1cccc(NC(=O)OC(C)(C)C)c1)=NC(C)(C)C2. The van der Waals surface area contributed by atoms with E-state index in [0.29, 0.717) is 11.3 Å². The van der Waals surface area contributed by atoms with Crippen molar-refractivity contribution in [3.05, 3.63) is 59.2 Å². The van der Waals surface area contributed by atoms with Gasteiger partial charge < -0.3 is 9.47 Å². The minimum absolute atomic E-state index is 0.0712. The Morgan fingerprint density at radius 3 is 2.55 bits per heavy atom. The first kappa shape index (κ1) is 22.5. The Morgan fingerprint density at radius 1 is 1.13 bits per heavy atom. The fourth-order valence-electron chi connectivity index (χ4n) is 3.62. The van der Waals surface area contributed by atoms with Crippen LogP contribution in [-0.2, 0) is 11.2 Å². The highest BCUT2D eigenvalue weighted by atomic mass is 16.6. The van der Waals surface area contributed by atoms with Crippen molar-refractivity contribution in [2.24, 2.45) is 4.99 Å². The van der Waals surface area contributed by atoms with Crippen molar-refractivity contribution in [3.8, 4) is 5.75 Å². The molecule has 31 heavy (non-hydrogen) atoms. The van der Waals surface area contributed by atoms with Gasteiger partial charge in [-0.2, -0.15) is 0 Å². The smallest absolute Gasteiger partial charge is 0.412 e. The molecule has 1 aliphatic rings. The van der Waals surface area contributed by atoms with Gasteiger partial charge in [0.05, 0.1) is 24.8 Å². The number of carbonyl (C=O) groups excluding carboxylic acids is 2. The number of nitrogens with one attached hydrogen (secondary N) is 1. The number of methoxy groups -OCH3 is 1. The van der Waals surface area contributed by atoms with Gasteiger partial charge in [0.15, 0.2) is 5.78 Å². The van der Waals surface area contributed by atoms with E-state index in [1.807, 2.05) is 18.2 Å². The number of ketones is 1. The first-order valence-corrected chi connectivity index (χ1v) is 10.3. The van der Waals surface area contributed by atoms with E-state index in [1.54, 1.807) is 52.1 Å². The predicted octanol–water partition coefficient (Wildman–Crippen LogP) is 5.44. The van der Waals surface area contributed by atoms with Crippen molar-refractivity contribution in [1.29, 1.82) is 0 Å². The summed E-state index contributed by atoms with van der Waals surface area (Å²) in [7, 11) is 1.62. The van der Waals surface area contributed by atoms with Crippen LogP contribution in [0.4, 0.5) is 10.5 Å². The normalized spacial score (nSPS) is 14.8. The van der Waals surface area contributed by atoms with Gasteiger partial charge in [-0.3, -0.25) is 15.1 Å². The number of benzene rings is 2. The highest BCUT2D eigenvalue weighted by Gasteiger charge is 2.28. The molecule has 6 nitrogen and oxygen atoms in total. The van der Waals surface area contributed by atoms with E-state index < -0.39 is 11.7 Å².